The molecule has 0 bridgehead atoms. The van der Waals surface area contributed by atoms with Gasteiger partial charge in [-0.05, 0) is 18.9 Å². The van der Waals surface area contributed by atoms with Gasteiger partial charge in [0.1, 0.15) is 6.23 Å². The second-order valence-corrected chi connectivity index (χ2v) is 5.34. The van der Waals surface area contributed by atoms with E-state index >= 15 is 0 Å². The zero-order valence-electron chi connectivity index (χ0n) is 13.4. The van der Waals surface area contributed by atoms with Crippen molar-refractivity contribution in [3.63, 3.8) is 0 Å². The molecule has 1 aromatic heterocycles. The fourth-order valence-electron chi connectivity index (χ4n) is 2.44. The maximum atomic E-state index is 12.0. The van der Waals surface area contributed by atoms with E-state index in [1.807, 2.05) is 0 Å². The number of H-pyrrole nitrogens is 1. The normalized spacial score (nSPS) is 20.6. The first-order chi connectivity index (χ1) is 11.5. The molecular formula is C15H21N3O6. The van der Waals surface area contributed by atoms with Crippen LogP contribution in [-0.2, 0) is 14.3 Å². The second kappa shape index (κ2) is 8.57. The summed E-state index contributed by atoms with van der Waals surface area (Å²) in [6.07, 6.45) is 4.64. The molecule has 0 radical (unpaired) electrons. The van der Waals surface area contributed by atoms with Crippen LogP contribution in [0.4, 0.5) is 0 Å². The van der Waals surface area contributed by atoms with E-state index in [1.165, 1.54) is 16.8 Å². The predicted molar refractivity (Wildman–Crippen MR) is 85.5 cm³/mol. The predicted octanol–water partition coefficient (Wildman–Crippen LogP) is -1.02. The highest BCUT2D eigenvalue weighted by atomic mass is 16.5. The van der Waals surface area contributed by atoms with E-state index in [2.05, 4.69) is 10.3 Å². The quantitative estimate of drug-likeness (QED) is 0.547. The van der Waals surface area contributed by atoms with Gasteiger partial charge in [0.05, 0.1) is 24.9 Å². The van der Waals surface area contributed by atoms with Crippen LogP contribution in [0.15, 0.2) is 21.9 Å². The Bertz CT molecular complexity index is 708. The average molecular weight is 339 g/mol. The number of nitrogens with one attached hydrogen (secondary N) is 2. The van der Waals surface area contributed by atoms with E-state index < -0.39 is 23.4 Å². The summed E-state index contributed by atoms with van der Waals surface area (Å²) >= 11 is 0. The first kappa shape index (κ1) is 18.1. The fraction of sp³-hybridized carbons (Fsp3) is 0.533. The Kier molecular flexibility index (Phi) is 6.47. The molecule has 24 heavy (non-hydrogen) atoms. The third-order valence-corrected chi connectivity index (χ3v) is 3.57. The van der Waals surface area contributed by atoms with Crippen LogP contribution in [0.25, 0.3) is 6.08 Å². The minimum absolute atomic E-state index is 0.0953. The number of aromatic amines is 1. The van der Waals surface area contributed by atoms with Gasteiger partial charge in [0.15, 0.2) is 0 Å². The summed E-state index contributed by atoms with van der Waals surface area (Å²) in [7, 11) is 1.58. The van der Waals surface area contributed by atoms with Crippen molar-refractivity contribution in [3.8, 4) is 0 Å². The number of carbonyl (C=O) groups excluding carboxylic acids is 1. The largest absolute Gasteiger partial charge is 0.395 e. The molecule has 1 fully saturated rings. The monoisotopic (exact) mass is 339 g/mol. The van der Waals surface area contributed by atoms with Gasteiger partial charge in [-0.2, -0.15) is 0 Å². The summed E-state index contributed by atoms with van der Waals surface area (Å²) in [5.41, 5.74) is -0.994. The van der Waals surface area contributed by atoms with E-state index in [-0.39, 0.29) is 24.8 Å². The van der Waals surface area contributed by atoms with Gasteiger partial charge in [-0.3, -0.25) is 19.1 Å². The van der Waals surface area contributed by atoms with Gasteiger partial charge in [0.2, 0.25) is 5.91 Å². The zero-order chi connectivity index (χ0) is 17.5. The molecule has 0 aliphatic carbocycles. The van der Waals surface area contributed by atoms with Gasteiger partial charge in [-0.15, -0.1) is 0 Å². The van der Waals surface area contributed by atoms with Crippen molar-refractivity contribution in [1.29, 1.82) is 0 Å². The number of carbonyl (C=O) groups is 1. The lowest BCUT2D eigenvalue weighted by molar-refractivity contribution is -0.116. The smallest absolute Gasteiger partial charge is 0.330 e. The van der Waals surface area contributed by atoms with Crippen molar-refractivity contribution in [2.75, 3.05) is 26.9 Å². The number of nitrogens with zero attached hydrogens (tertiary/aromatic N) is 1. The molecule has 2 atom stereocenters. The van der Waals surface area contributed by atoms with Crippen LogP contribution in [-0.4, -0.2) is 53.5 Å². The van der Waals surface area contributed by atoms with E-state index in [0.29, 0.717) is 13.0 Å². The summed E-state index contributed by atoms with van der Waals surface area (Å²) in [6.45, 7) is 0.384. The fourth-order valence-corrected chi connectivity index (χ4v) is 2.44. The Balaban J connectivity index is 2.17. The van der Waals surface area contributed by atoms with Crippen molar-refractivity contribution in [2.24, 2.45) is 0 Å². The van der Waals surface area contributed by atoms with Crippen LogP contribution in [0, 0.1) is 0 Å². The SMILES string of the molecule is COC[C@@H]1CC[C@H](n2cc(/C=C/C(=O)NCCO)c(=O)[nH]c2=O)O1. The van der Waals surface area contributed by atoms with Crippen LogP contribution in [0.3, 0.4) is 0 Å². The van der Waals surface area contributed by atoms with E-state index in [0.717, 1.165) is 12.5 Å². The van der Waals surface area contributed by atoms with Gasteiger partial charge in [-0.25, -0.2) is 4.79 Å². The van der Waals surface area contributed by atoms with Crippen LogP contribution in [0.5, 0.6) is 0 Å². The van der Waals surface area contributed by atoms with E-state index in [9.17, 15) is 14.4 Å². The summed E-state index contributed by atoms with van der Waals surface area (Å²) in [5.74, 6) is -0.446. The standard InChI is InChI=1S/C15H21N3O6/c1-23-9-11-3-5-13(24-11)18-8-10(14(21)17-15(18)22)2-4-12(20)16-6-7-19/h2,4,8,11,13,19H,3,5-7,9H2,1H3,(H,16,20)(H,17,21,22)/b4-2+/t11-,13+/m0/s1. The van der Waals surface area contributed by atoms with Gasteiger partial charge in [-0.1, -0.05) is 0 Å². The average Bonchev–Trinajstić information content (AvgIpc) is 3.00. The summed E-state index contributed by atoms with van der Waals surface area (Å²) in [4.78, 5) is 37.5. The Morgan fingerprint density at radius 2 is 2.33 bits per heavy atom. The van der Waals surface area contributed by atoms with E-state index in [1.54, 1.807) is 7.11 Å². The van der Waals surface area contributed by atoms with Gasteiger partial charge in [0, 0.05) is 25.9 Å². The lowest BCUT2D eigenvalue weighted by Gasteiger charge is -2.15. The minimum atomic E-state index is -0.589. The lowest BCUT2D eigenvalue weighted by atomic mass is 10.2. The first-order valence-electron chi connectivity index (χ1n) is 7.61. The molecule has 9 nitrogen and oxygen atoms in total. The summed E-state index contributed by atoms with van der Waals surface area (Å²) in [5, 5.41) is 11.1. The van der Waals surface area contributed by atoms with Gasteiger partial charge >= 0.3 is 5.69 Å². The van der Waals surface area contributed by atoms with Crippen molar-refractivity contribution in [1.82, 2.24) is 14.9 Å². The molecule has 0 saturated carbocycles. The number of hydrogen-bond donors (Lipinski definition) is 3. The highest BCUT2D eigenvalue weighted by molar-refractivity contribution is 5.91. The Morgan fingerprint density at radius 3 is 3.04 bits per heavy atom. The maximum absolute atomic E-state index is 12.0. The third-order valence-electron chi connectivity index (χ3n) is 3.57. The molecular weight excluding hydrogens is 318 g/mol. The lowest BCUT2D eigenvalue weighted by Crippen LogP contribution is -2.33. The number of aromatic nitrogens is 2. The molecule has 3 N–H and O–H groups in total. The second-order valence-electron chi connectivity index (χ2n) is 5.34. The molecule has 1 aromatic rings. The van der Waals surface area contributed by atoms with Crippen LogP contribution in [0.2, 0.25) is 0 Å². The van der Waals surface area contributed by atoms with Gasteiger partial charge < -0.3 is 19.9 Å². The maximum Gasteiger partial charge on any atom is 0.330 e. The summed E-state index contributed by atoms with van der Waals surface area (Å²) in [6, 6.07) is 0. The number of aliphatic hydroxyl groups excluding tert-OH is 1. The minimum Gasteiger partial charge on any atom is -0.395 e. The highest BCUT2D eigenvalue weighted by Crippen LogP contribution is 2.27. The molecule has 0 spiro atoms. The molecule has 1 aliphatic heterocycles. The molecule has 1 aliphatic rings. The van der Waals surface area contributed by atoms with Gasteiger partial charge in [0.25, 0.3) is 5.56 Å². The molecule has 2 rings (SSSR count). The van der Waals surface area contributed by atoms with Crippen molar-refractivity contribution < 1.29 is 19.4 Å². The topological polar surface area (TPSA) is 123 Å². The Labute approximate surface area is 137 Å². The first-order valence-corrected chi connectivity index (χ1v) is 7.61. The molecule has 9 heteroatoms. The highest BCUT2D eigenvalue weighted by Gasteiger charge is 2.27. The molecule has 0 unspecified atom stereocenters. The van der Waals surface area contributed by atoms with Crippen molar-refractivity contribution in [3.05, 3.63) is 38.7 Å². The third kappa shape index (κ3) is 4.63. The van der Waals surface area contributed by atoms with Crippen LogP contribution >= 0.6 is 0 Å². The Hall–Kier alpha value is -2.23. The van der Waals surface area contributed by atoms with Crippen molar-refractivity contribution in [2.45, 2.75) is 25.2 Å². The molecule has 132 valence electrons. The zero-order valence-corrected chi connectivity index (χ0v) is 13.4. The molecule has 1 saturated heterocycles. The van der Waals surface area contributed by atoms with Crippen LogP contribution < -0.4 is 16.6 Å². The Morgan fingerprint density at radius 1 is 1.54 bits per heavy atom. The number of amides is 1. The van der Waals surface area contributed by atoms with Crippen molar-refractivity contribution >= 4 is 12.0 Å². The number of ether oxygens (including phenoxy) is 2. The number of aliphatic hydroxyl groups is 1. The molecule has 1 amide bonds. The molecule has 0 aromatic carbocycles. The number of rotatable bonds is 7. The summed E-state index contributed by atoms with van der Waals surface area (Å²) < 4.78 is 12.1. The number of methoxy groups -OCH3 is 1. The van der Waals surface area contributed by atoms with E-state index in [4.69, 9.17) is 14.6 Å². The number of hydrogen-bond acceptors (Lipinski definition) is 6. The molecule has 2 heterocycles. The van der Waals surface area contributed by atoms with Crippen LogP contribution in [0.1, 0.15) is 24.6 Å².